The molecule has 0 atom stereocenters. The quantitative estimate of drug-likeness (QED) is 0.522. The van der Waals surface area contributed by atoms with Crippen molar-refractivity contribution in [2.75, 3.05) is 14.2 Å². The highest BCUT2D eigenvalue weighted by Crippen LogP contribution is 2.16. The minimum absolute atomic E-state index is 0.370. The van der Waals surface area contributed by atoms with Crippen LogP contribution in [0.2, 0.25) is 0 Å². The summed E-state index contributed by atoms with van der Waals surface area (Å²) >= 11 is 0. The summed E-state index contributed by atoms with van der Waals surface area (Å²) in [5.74, 6) is -0.300. The average molecular weight is 312 g/mol. The molecule has 0 bridgehead atoms. The number of esters is 1. The van der Waals surface area contributed by atoms with Crippen molar-refractivity contribution in [3.05, 3.63) is 65.2 Å². The van der Waals surface area contributed by atoms with E-state index in [2.05, 4.69) is 15.3 Å². The second kappa shape index (κ2) is 7.74. The number of amides is 1. The van der Waals surface area contributed by atoms with Gasteiger partial charge in [-0.1, -0.05) is 24.3 Å². The Morgan fingerprint density at radius 2 is 1.74 bits per heavy atom. The third-order valence-electron chi connectivity index (χ3n) is 3.06. The molecular formula is C17H16N2O4. The predicted molar refractivity (Wildman–Crippen MR) is 85.8 cm³/mol. The van der Waals surface area contributed by atoms with E-state index in [4.69, 9.17) is 4.74 Å². The van der Waals surface area contributed by atoms with Gasteiger partial charge >= 0.3 is 5.97 Å². The normalized spacial score (nSPS) is 10.3. The Kier molecular flexibility index (Phi) is 5.46. The molecule has 0 aliphatic rings. The fourth-order valence-corrected chi connectivity index (χ4v) is 1.88. The molecule has 23 heavy (non-hydrogen) atoms. The Bertz CT molecular complexity index is 724. The summed E-state index contributed by atoms with van der Waals surface area (Å²) in [6.45, 7) is 0. The van der Waals surface area contributed by atoms with Crippen LogP contribution in [0.15, 0.2) is 53.6 Å². The molecule has 2 aromatic carbocycles. The number of methoxy groups -OCH3 is 2. The zero-order valence-electron chi connectivity index (χ0n) is 12.8. The molecule has 0 aliphatic carbocycles. The highest BCUT2D eigenvalue weighted by molar-refractivity contribution is 5.97. The molecule has 0 heterocycles. The van der Waals surface area contributed by atoms with E-state index < -0.39 is 5.97 Å². The molecule has 0 saturated carbocycles. The van der Waals surface area contributed by atoms with Crippen LogP contribution in [0.25, 0.3) is 0 Å². The van der Waals surface area contributed by atoms with Crippen LogP contribution in [-0.2, 0) is 4.74 Å². The summed E-state index contributed by atoms with van der Waals surface area (Å²) < 4.78 is 9.74. The molecule has 0 aromatic heterocycles. The molecule has 1 amide bonds. The van der Waals surface area contributed by atoms with Crippen molar-refractivity contribution < 1.29 is 19.1 Å². The number of para-hydroxylation sites is 1. The molecule has 2 rings (SSSR count). The van der Waals surface area contributed by atoms with Crippen LogP contribution >= 0.6 is 0 Å². The van der Waals surface area contributed by atoms with Crippen LogP contribution in [-0.4, -0.2) is 32.3 Å². The van der Waals surface area contributed by atoms with Crippen molar-refractivity contribution in [1.82, 2.24) is 5.43 Å². The smallest absolute Gasteiger partial charge is 0.337 e. The summed E-state index contributed by atoms with van der Waals surface area (Å²) in [4.78, 5) is 23.4. The van der Waals surface area contributed by atoms with E-state index >= 15 is 0 Å². The summed E-state index contributed by atoms with van der Waals surface area (Å²) in [6, 6.07) is 13.5. The first-order valence-electron chi connectivity index (χ1n) is 6.80. The molecule has 0 spiro atoms. The van der Waals surface area contributed by atoms with Crippen LogP contribution in [0, 0.1) is 0 Å². The van der Waals surface area contributed by atoms with Crippen molar-refractivity contribution in [2.24, 2.45) is 5.10 Å². The highest BCUT2D eigenvalue weighted by Gasteiger charge is 2.10. The van der Waals surface area contributed by atoms with Gasteiger partial charge < -0.3 is 9.47 Å². The maximum atomic E-state index is 12.0. The molecule has 0 aliphatic heterocycles. The number of hydrazone groups is 1. The van der Waals surface area contributed by atoms with Gasteiger partial charge in [-0.2, -0.15) is 5.10 Å². The summed E-state index contributed by atoms with van der Waals surface area (Å²) in [5, 5.41) is 3.89. The average Bonchev–Trinajstić information content (AvgIpc) is 2.61. The van der Waals surface area contributed by atoms with Gasteiger partial charge in [0, 0.05) is 0 Å². The van der Waals surface area contributed by atoms with E-state index in [1.165, 1.54) is 20.4 Å². The van der Waals surface area contributed by atoms with Gasteiger partial charge in [0.05, 0.1) is 31.6 Å². The first-order valence-corrected chi connectivity index (χ1v) is 6.80. The maximum absolute atomic E-state index is 12.0. The Morgan fingerprint density at radius 1 is 1.04 bits per heavy atom. The Labute approximate surface area is 133 Å². The van der Waals surface area contributed by atoms with Crippen LogP contribution < -0.4 is 10.2 Å². The fourth-order valence-electron chi connectivity index (χ4n) is 1.88. The van der Waals surface area contributed by atoms with Crippen molar-refractivity contribution in [3.8, 4) is 5.75 Å². The molecular weight excluding hydrogens is 296 g/mol. The third-order valence-corrected chi connectivity index (χ3v) is 3.06. The molecule has 118 valence electrons. The minimum atomic E-state index is -0.405. The number of hydrogen-bond acceptors (Lipinski definition) is 5. The highest BCUT2D eigenvalue weighted by atomic mass is 16.5. The fraction of sp³-hybridized carbons (Fsp3) is 0.118. The van der Waals surface area contributed by atoms with E-state index in [0.717, 1.165) is 5.56 Å². The molecule has 6 heteroatoms. The number of carbonyl (C=O) groups is 2. The van der Waals surface area contributed by atoms with Gasteiger partial charge in [0.2, 0.25) is 0 Å². The van der Waals surface area contributed by atoms with Gasteiger partial charge in [-0.15, -0.1) is 0 Å². The second-order valence-corrected chi connectivity index (χ2v) is 4.51. The van der Waals surface area contributed by atoms with Gasteiger partial charge in [-0.25, -0.2) is 10.2 Å². The third kappa shape index (κ3) is 4.16. The number of benzene rings is 2. The molecule has 0 unspecified atom stereocenters. The Balaban J connectivity index is 2.01. The number of carbonyl (C=O) groups excluding carboxylic acids is 2. The Hall–Kier alpha value is -3.15. The number of rotatable bonds is 5. The van der Waals surface area contributed by atoms with Crippen molar-refractivity contribution in [3.63, 3.8) is 0 Å². The van der Waals surface area contributed by atoms with Gasteiger partial charge in [-0.05, 0) is 29.8 Å². The SMILES string of the molecule is COC(=O)c1ccc(/C=N/NC(=O)c2ccccc2OC)cc1. The summed E-state index contributed by atoms with van der Waals surface area (Å²) in [7, 11) is 2.82. The minimum Gasteiger partial charge on any atom is -0.496 e. The first kappa shape index (κ1) is 16.2. The zero-order valence-corrected chi connectivity index (χ0v) is 12.8. The zero-order chi connectivity index (χ0) is 16.7. The topological polar surface area (TPSA) is 77.0 Å². The van der Waals surface area contributed by atoms with Crippen molar-refractivity contribution in [2.45, 2.75) is 0 Å². The van der Waals surface area contributed by atoms with E-state index in [1.54, 1.807) is 48.5 Å². The van der Waals surface area contributed by atoms with E-state index in [9.17, 15) is 9.59 Å². The standard InChI is InChI=1S/C17H16N2O4/c1-22-15-6-4-3-5-14(15)16(20)19-18-11-12-7-9-13(10-8-12)17(21)23-2/h3-11H,1-2H3,(H,19,20)/b18-11+. The molecule has 1 N–H and O–H groups in total. The molecule has 2 aromatic rings. The van der Waals surface area contributed by atoms with Gasteiger partial charge in [0.15, 0.2) is 0 Å². The van der Waals surface area contributed by atoms with Crippen LogP contribution in [0.4, 0.5) is 0 Å². The number of nitrogens with zero attached hydrogens (tertiary/aromatic N) is 1. The predicted octanol–water partition coefficient (Wildman–Crippen LogP) is 2.25. The van der Waals surface area contributed by atoms with Crippen LogP contribution in [0.3, 0.4) is 0 Å². The first-order chi connectivity index (χ1) is 11.2. The van der Waals surface area contributed by atoms with Crippen molar-refractivity contribution in [1.29, 1.82) is 0 Å². The molecule has 0 saturated heterocycles. The number of nitrogens with one attached hydrogen (secondary N) is 1. The number of hydrogen-bond donors (Lipinski definition) is 1. The molecule has 0 radical (unpaired) electrons. The lowest BCUT2D eigenvalue weighted by Crippen LogP contribution is -2.18. The van der Waals surface area contributed by atoms with E-state index in [1.807, 2.05) is 0 Å². The lowest BCUT2D eigenvalue weighted by Gasteiger charge is -2.05. The Morgan fingerprint density at radius 3 is 2.39 bits per heavy atom. The van der Waals surface area contributed by atoms with Gasteiger partial charge in [-0.3, -0.25) is 4.79 Å². The lowest BCUT2D eigenvalue weighted by atomic mass is 10.1. The van der Waals surface area contributed by atoms with E-state index in [-0.39, 0.29) is 5.91 Å². The van der Waals surface area contributed by atoms with Crippen LogP contribution in [0.1, 0.15) is 26.3 Å². The number of ether oxygens (including phenoxy) is 2. The second-order valence-electron chi connectivity index (χ2n) is 4.51. The van der Waals surface area contributed by atoms with Gasteiger partial charge in [0.1, 0.15) is 5.75 Å². The maximum Gasteiger partial charge on any atom is 0.337 e. The molecule has 6 nitrogen and oxygen atoms in total. The molecule has 0 fully saturated rings. The largest absolute Gasteiger partial charge is 0.496 e. The van der Waals surface area contributed by atoms with Gasteiger partial charge in [0.25, 0.3) is 5.91 Å². The monoisotopic (exact) mass is 312 g/mol. The van der Waals surface area contributed by atoms with E-state index in [0.29, 0.717) is 16.9 Å². The lowest BCUT2D eigenvalue weighted by molar-refractivity contribution is 0.0600. The summed E-state index contributed by atoms with van der Waals surface area (Å²) in [6.07, 6.45) is 1.48. The van der Waals surface area contributed by atoms with Crippen molar-refractivity contribution >= 4 is 18.1 Å². The van der Waals surface area contributed by atoms with Crippen LogP contribution in [0.5, 0.6) is 5.75 Å². The summed E-state index contributed by atoms with van der Waals surface area (Å²) in [5.41, 5.74) is 4.01.